The van der Waals surface area contributed by atoms with E-state index in [2.05, 4.69) is 45.6 Å². The van der Waals surface area contributed by atoms with Gasteiger partial charge in [-0.3, -0.25) is 0 Å². The number of ether oxygens (including phenoxy) is 2. The number of hydrogen-bond acceptors (Lipinski definition) is 2. The third kappa shape index (κ3) is 3.98. The van der Waals surface area contributed by atoms with Crippen molar-refractivity contribution < 1.29 is 9.47 Å². The quantitative estimate of drug-likeness (QED) is 0.706. The molecule has 0 N–H and O–H groups in total. The van der Waals surface area contributed by atoms with Gasteiger partial charge >= 0.3 is 0 Å². The average molecular weight is 288 g/mol. The Morgan fingerprint density at radius 1 is 1.24 bits per heavy atom. The van der Waals surface area contributed by atoms with Gasteiger partial charge in [0.1, 0.15) is 5.75 Å². The minimum absolute atomic E-state index is 0.214. The Morgan fingerprint density at radius 3 is 2.43 bits per heavy atom. The molecule has 0 spiro atoms. The van der Waals surface area contributed by atoms with Crippen LogP contribution in [0.2, 0.25) is 0 Å². The monoisotopic (exact) mass is 288 g/mol. The molecule has 0 fully saturated rings. The highest BCUT2D eigenvalue weighted by Gasteiger charge is 2.21. The Kier molecular flexibility index (Phi) is 6.70. The molecule has 0 saturated carbocycles. The summed E-state index contributed by atoms with van der Waals surface area (Å²) in [5.41, 5.74) is 4.94. The van der Waals surface area contributed by atoms with Crippen LogP contribution in [0, 0.1) is 5.92 Å². The Balaban J connectivity index is 0.00000106. The predicted octanol–water partition coefficient (Wildman–Crippen LogP) is 5.24. The van der Waals surface area contributed by atoms with E-state index in [0.717, 1.165) is 17.7 Å². The van der Waals surface area contributed by atoms with Gasteiger partial charge in [-0.2, -0.15) is 0 Å². The number of fused-ring (bicyclic) bond motifs is 1. The maximum atomic E-state index is 5.88. The molecule has 0 bridgehead atoms. The Hall–Kier alpha value is -1.54. The van der Waals surface area contributed by atoms with E-state index in [4.69, 9.17) is 9.47 Å². The van der Waals surface area contributed by atoms with Crippen molar-refractivity contribution in [3.63, 3.8) is 0 Å². The van der Waals surface area contributed by atoms with Gasteiger partial charge in [0.05, 0.1) is 0 Å². The van der Waals surface area contributed by atoms with Gasteiger partial charge in [-0.25, -0.2) is 0 Å². The van der Waals surface area contributed by atoms with Crippen molar-refractivity contribution in [2.24, 2.45) is 5.92 Å². The van der Waals surface area contributed by atoms with E-state index in [1.54, 1.807) is 7.11 Å². The SMILES string of the molecule is C=C1C(=CC)Cc2ccc(OC(OC)C(C)C)cc21.CC. The van der Waals surface area contributed by atoms with Gasteiger partial charge in [0.2, 0.25) is 6.29 Å². The van der Waals surface area contributed by atoms with Crippen molar-refractivity contribution in [1.29, 1.82) is 0 Å². The van der Waals surface area contributed by atoms with E-state index in [1.165, 1.54) is 16.7 Å². The summed E-state index contributed by atoms with van der Waals surface area (Å²) in [4.78, 5) is 0. The van der Waals surface area contributed by atoms with E-state index in [1.807, 2.05) is 19.9 Å². The summed E-state index contributed by atoms with van der Waals surface area (Å²) in [5, 5.41) is 0. The first kappa shape index (κ1) is 17.5. The summed E-state index contributed by atoms with van der Waals surface area (Å²) in [5.74, 6) is 1.16. The van der Waals surface area contributed by atoms with Crippen LogP contribution in [0.4, 0.5) is 0 Å². The lowest BCUT2D eigenvalue weighted by Gasteiger charge is -2.21. The van der Waals surface area contributed by atoms with E-state index in [9.17, 15) is 0 Å². The van der Waals surface area contributed by atoms with E-state index in [-0.39, 0.29) is 6.29 Å². The van der Waals surface area contributed by atoms with Gasteiger partial charge < -0.3 is 9.47 Å². The number of allylic oxidation sites excluding steroid dienone is 3. The smallest absolute Gasteiger partial charge is 0.201 e. The Bertz CT molecular complexity index is 512. The zero-order chi connectivity index (χ0) is 16.0. The molecule has 21 heavy (non-hydrogen) atoms. The lowest BCUT2D eigenvalue weighted by atomic mass is 10.1. The molecule has 1 aromatic carbocycles. The van der Waals surface area contributed by atoms with Gasteiger partial charge in [0, 0.05) is 13.0 Å². The summed E-state index contributed by atoms with van der Waals surface area (Å²) in [6, 6.07) is 6.21. The Labute approximate surface area is 129 Å². The molecule has 0 amide bonds. The molecule has 1 aliphatic rings. The zero-order valence-electron chi connectivity index (χ0n) is 14.2. The normalized spacial score (nSPS) is 16.5. The molecular weight excluding hydrogens is 260 g/mol. The molecule has 116 valence electrons. The predicted molar refractivity (Wildman–Crippen MR) is 90.5 cm³/mol. The molecule has 0 heterocycles. The average Bonchev–Trinajstić information content (AvgIpc) is 2.82. The first-order valence-electron chi connectivity index (χ1n) is 7.74. The summed E-state index contributed by atoms with van der Waals surface area (Å²) in [7, 11) is 1.68. The van der Waals surface area contributed by atoms with Crippen molar-refractivity contribution in [2.45, 2.75) is 47.3 Å². The molecule has 1 aliphatic carbocycles. The van der Waals surface area contributed by atoms with Crippen LogP contribution >= 0.6 is 0 Å². The first-order valence-corrected chi connectivity index (χ1v) is 7.74. The molecule has 2 nitrogen and oxygen atoms in total. The highest BCUT2D eigenvalue weighted by atomic mass is 16.7. The highest BCUT2D eigenvalue weighted by molar-refractivity contribution is 5.85. The van der Waals surface area contributed by atoms with Crippen LogP contribution in [0.15, 0.2) is 36.4 Å². The fraction of sp³-hybridized carbons (Fsp3) is 0.474. The number of methoxy groups -OCH3 is 1. The number of benzene rings is 1. The standard InChI is InChI=1S/C17H22O2.C2H6/c1-6-13-9-14-7-8-15(10-16(14)12(13)4)19-17(18-5)11(2)3;1-2/h6-8,10-11,17H,4,9H2,1-3,5H3;1-2H3. The van der Waals surface area contributed by atoms with Crippen molar-refractivity contribution in [2.75, 3.05) is 7.11 Å². The molecule has 0 aromatic heterocycles. The Morgan fingerprint density at radius 2 is 1.90 bits per heavy atom. The molecule has 1 atom stereocenters. The highest BCUT2D eigenvalue weighted by Crippen LogP contribution is 2.37. The molecule has 0 radical (unpaired) electrons. The second-order valence-corrected chi connectivity index (χ2v) is 5.25. The van der Waals surface area contributed by atoms with E-state index < -0.39 is 0 Å². The van der Waals surface area contributed by atoms with Gasteiger partial charge in [0.25, 0.3) is 0 Å². The minimum Gasteiger partial charge on any atom is -0.465 e. The summed E-state index contributed by atoms with van der Waals surface area (Å²) >= 11 is 0. The van der Waals surface area contributed by atoms with Crippen LogP contribution in [0.3, 0.4) is 0 Å². The van der Waals surface area contributed by atoms with Gasteiger partial charge in [-0.1, -0.05) is 46.4 Å². The molecule has 0 saturated heterocycles. The third-order valence-corrected chi connectivity index (χ3v) is 3.55. The second kappa shape index (κ2) is 8.04. The molecule has 2 heteroatoms. The second-order valence-electron chi connectivity index (χ2n) is 5.25. The van der Waals surface area contributed by atoms with Crippen LogP contribution < -0.4 is 4.74 Å². The van der Waals surface area contributed by atoms with Crippen molar-refractivity contribution in [3.8, 4) is 5.75 Å². The maximum Gasteiger partial charge on any atom is 0.201 e. The fourth-order valence-corrected chi connectivity index (χ4v) is 2.42. The molecule has 1 aromatic rings. The lowest BCUT2D eigenvalue weighted by molar-refractivity contribution is -0.0833. The topological polar surface area (TPSA) is 18.5 Å². The number of hydrogen-bond donors (Lipinski definition) is 0. The fourth-order valence-electron chi connectivity index (χ4n) is 2.42. The van der Waals surface area contributed by atoms with Crippen LogP contribution in [-0.4, -0.2) is 13.4 Å². The third-order valence-electron chi connectivity index (χ3n) is 3.55. The summed E-state index contributed by atoms with van der Waals surface area (Å²) in [6.07, 6.45) is 2.89. The summed E-state index contributed by atoms with van der Waals surface area (Å²) in [6.45, 7) is 14.4. The van der Waals surface area contributed by atoms with Crippen molar-refractivity contribution >= 4 is 5.57 Å². The zero-order valence-corrected chi connectivity index (χ0v) is 14.2. The van der Waals surface area contributed by atoms with Gasteiger partial charge in [-0.05, 0) is 47.8 Å². The van der Waals surface area contributed by atoms with Crippen LogP contribution in [-0.2, 0) is 11.2 Å². The van der Waals surface area contributed by atoms with Gasteiger partial charge in [-0.15, -0.1) is 0 Å². The molecule has 1 unspecified atom stereocenters. The largest absolute Gasteiger partial charge is 0.465 e. The summed E-state index contributed by atoms with van der Waals surface area (Å²) < 4.78 is 11.2. The molecular formula is C19H28O2. The molecule has 0 aliphatic heterocycles. The lowest BCUT2D eigenvalue weighted by Crippen LogP contribution is -2.25. The first-order chi connectivity index (χ1) is 10.1. The molecule has 2 rings (SSSR count). The maximum absolute atomic E-state index is 5.88. The van der Waals surface area contributed by atoms with Crippen LogP contribution in [0.5, 0.6) is 5.75 Å². The van der Waals surface area contributed by atoms with Crippen molar-refractivity contribution in [1.82, 2.24) is 0 Å². The van der Waals surface area contributed by atoms with Gasteiger partial charge in [0.15, 0.2) is 0 Å². The van der Waals surface area contributed by atoms with E-state index >= 15 is 0 Å². The van der Waals surface area contributed by atoms with E-state index in [0.29, 0.717) is 5.92 Å². The number of rotatable bonds is 4. The van der Waals surface area contributed by atoms with Crippen molar-refractivity contribution in [3.05, 3.63) is 47.6 Å². The van der Waals surface area contributed by atoms with Crippen LogP contribution in [0.25, 0.3) is 5.57 Å². The minimum atomic E-state index is -0.214. The van der Waals surface area contributed by atoms with Crippen LogP contribution in [0.1, 0.15) is 45.7 Å².